The zero-order valence-electron chi connectivity index (χ0n) is 16.1. The third-order valence-corrected chi connectivity index (χ3v) is 4.98. The number of H-pyrrole nitrogens is 1. The number of nitrogens with two attached hydrogens (primary N) is 1. The Morgan fingerprint density at radius 2 is 2.00 bits per heavy atom. The van der Waals surface area contributed by atoms with E-state index in [1.54, 1.807) is 31.5 Å². The van der Waals surface area contributed by atoms with Gasteiger partial charge in [-0.1, -0.05) is 0 Å². The third kappa shape index (κ3) is 5.31. The molecule has 28 heavy (non-hydrogen) atoms. The van der Waals surface area contributed by atoms with E-state index in [0.29, 0.717) is 23.6 Å². The number of halogens is 2. The fourth-order valence-corrected chi connectivity index (χ4v) is 3.53. The standard InChI is InChI=1S/C19H25N5O2.2ClH/c1-12(20)16-5-3-4-10-24(16)17(25)11-15-13(2)22-18(23-19(15)26)14-6-8-21-9-7-14;;/h6-9,12,16H,3-5,10-11,20H2,1-2H3,(H,22,23,26);2*1H. The topological polar surface area (TPSA) is 105 Å². The van der Waals surface area contributed by atoms with Crippen LogP contribution in [0.5, 0.6) is 0 Å². The van der Waals surface area contributed by atoms with Crippen LogP contribution >= 0.6 is 24.8 Å². The molecule has 0 aromatic carbocycles. The van der Waals surface area contributed by atoms with Crippen molar-refractivity contribution in [3.8, 4) is 11.4 Å². The number of aromatic amines is 1. The maximum atomic E-state index is 12.8. The van der Waals surface area contributed by atoms with Crippen molar-refractivity contribution in [3.63, 3.8) is 0 Å². The maximum absolute atomic E-state index is 12.8. The molecule has 0 bridgehead atoms. The van der Waals surface area contributed by atoms with E-state index in [9.17, 15) is 9.59 Å². The Bertz CT molecular complexity index is 842. The first-order valence-electron chi connectivity index (χ1n) is 9.02. The van der Waals surface area contributed by atoms with Crippen LogP contribution in [0.1, 0.15) is 37.4 Å². The van der Waals surface area contributed by atoms with Gasteiger partial charge in [-0.05, 0) is 45.2 Å². The Kier molecular flexibility index (Phi) is 9.07. The van der Waals surface area contributed by atoms with Crippen LogP contribution in [0.15, 0.2) is 29.3 Å². The molecule has 2 aromatic heterocycles. The number of rotatable bonds is 4. The van der Waals surface area contributed by atoms with E-state index in [1.165, 1.54) is 0 Å². The van der Waals surface area contributed by atoms with Gasteiger partial charge in [0, 0.05) is 47.8 Å². The van der Waals surface area contributed by atoms with Crippen molar-refractivity contribution >= 4 is 30.7 Å². The highest BCUT2D eigenvalue weighted by Crippen LogP contribution is 2.20. The molecule has 1 fully saturated rings. The number of nitrogens with zero attached hydrogens (tertiary/aromatic N) is 3. The van der Waals surface area contributed by atoms with Gasteiger partial charge < -0.3 is 15.6 Å². The minimum Gasteiger partial charge on any atom is -0.338 e. The molecule has 0 saturated carbocycles. The van der Waals surface area contributed by atoms with E-state index in [-0.39, 0.29) is 54.8 Å². The maximum Gasteiger partial charge on any atom is 0.255 e. The summed E-state index contributed by atoms with van der Waals surface area (Å²) in [7, 11) is 0. The van der Waals surface area contributed by atoms with Gasteiger partial charge in [-0.25, -0.2) is 4.98 Å². The molecular formula is C19H27Cl2N5O2. The molecular weight excluding hydrogens is 401 g/mol. The second-order valence-corrected chi connectivity index (χ2v) is 6.90. The third-order valence-electron chi connectivity index (χ3n) is 4.98. The summed E-state index contributed by atoms with van der Waals surface area (Å²) in [4.78, 5) is 38.5. The number of carbonyl (C=O) groups is 1. The summed E-state index contributed by atoms with van der Waals surface area (Å²) in [5.41, 5.74) is 7.56. The Balaban J connectivity index is 0.00000196. The predicted molar refractivity (Wildman–Crippen MR) is 114 cm³/mol. The highest BCUT2D eigenvalue weighted by atomic mass is 35.5. The lowest BCUT2D eigenvalue weighted by molar-refractivity contribution is -0.134. The molecule has 1 aliphatic heterocycles. The van der Waals surface area contributed by atoms with Gasteiger partial charge in [0.05, 0.1) is 6.42 Å². The average molecular weight is 428 g/mol. The van der Waals surface area contributed by atoms with E-state index >= 15 is 0 Å². The van der Waals surface area contributed by atoms with Crippen LogP contribution in [0.25, 0.3) is 11.4 Å². The molecule has 0 aliphatic carbocycles. The normalized spacial score (nSPS) is 17.2. The SMILES string of the molecule is Cc1nc(-c2ccncc2)[nH]c(=O)c1CC(=O)N1CCCCC1C(C)N.Cl.Cl. The van der Waals surface area contributed by atoms with Gasteiger partial charge in [0.1, 0.15) is 5.82 Å². The average Bonchev–Trinajstić information content (AvgIpc) is 2.65. The molecule has 3 rings (SSSR count). The molecule has 1 aliphatic rings. The Labute approximate surface area is 177 Å². The second kappa shape index (κ2) is 10.5. The van der Waals surface area contributed by atoms with Crippen LogP contribution in [0.4, 0.5) is 0 Å². The van der Waals surface area contributed by atoms with Gasteiger partial charge in [0.15, 0.2) is 0 Å². The Hall–Kier alpha value is -1.96. The van der Waals surface area contributed by atoms with Gasteiger partial charge in [-0.3, -0.25) is 14.6 Å². The summed E-state index contributed by atoms with van der Waals surface area (Å²) in [5, 5.41) is 0. The van der Waals surface area contributed by atoms with E-state index in [0.717, 1.165) is 24.8 Å². The van der Waals surface area contributed by atoms with Crippen molar-refractivity contribution in [2.45, 2.75) is 51.6 Å². The zero-order valence-corrected chi connectivity index (χ0v) is 17.7. The van der Waals surface area contributed by atoms with Crippen molar-refractivity contribution in [1.82, 2.24) is 19.9 Å². The molecule has 3 N–H and O–H groups in total. The van der Waals surface area contributed by atoms with Crippen LogP contribution in [0, 0.1) is 6.92 Å². The molecule has 3 heterocycles. The van der Waals surface area contributed by atoms with Gasteiger partial charge in [0.25, 0.3) is 5.56 Å². The minimum atomic E-state index is -0.271. The van der Waals surface area contributed by atoms with Gasteiger partial charge in [-0.2, -0.15) is 0 Å². The van der Waals surface area contributed by atoms with Crippen LogP contribution in [-0.4, -0.2) is 44.4 Å². The predicted octanol–water partition coefficient (Wildman–Crippen LogP) is 2.25. The zero-order chi connectivity index (χ0) is 18.7. The van der Waals surface area contributed by atoms with Gasteiger partial charge in [-0.15, -0.1) is 24.8 Å². The number of aromatic nitrogens is 3. The molecule has 154 valence electrons. The Morgan fingerprint density at radius 1 is 1.32 bits per heavy atom. The summed E-state index contributed by atoms with van der Waals surface area (Å²) in [6.45, 7) is 4.39. The summed E-state index contributed by atoms with van der Waals surface area (Å²) in [6.07, 6.45) is 6.31. The molecule has 2 aromatic rings. The molecule has 0 spiro atoms. The number of amides is 1. The van der Waals surface area contributed by atoms with Gasteiger partial charge >= 0.3 is 0 Å². The minimum absolute atomic E-state index is 0. The van der Waals surface area contributed by atoms with Crippen LogP contribution in [-0.2, 0) is 11.2 Å². The number of nitrogens with one attached hydrogen (secondary N) is 1. The van der Waals surface area contributed by atoms with Crippen molar-refractivity contribution in [3.05, 3.63) is 46.1 Å². The Morgan fingerprint density at radius 3 is 2.61 bits per heavy atom. The number of piperidine rings is 1. The van der Waals surface area contributed by atoms with Crippen molar-refractivity contribution in [2.24, 2.45) is 5.73 Å². The number of hydrogen-bond donors (Lipinski definition) is 2. The van der Waals surface area contributed by atoms with Crippen molar-refractivity contribution in [2.75, 3.05) is 6.54 Å². The molecule has 7 nitrogen and oxygen atoms in total. The number of hydrogen-bond acceptors (Lipinski definition) is 5. The fourth-order valence-electron chi connectivity index (χ4n) is 3.53. The largest absolute Gasteiger partial charge is 0.338 e. The first-order chi connectivity index (χ1) is 12.5. The van der Waals surface area contributed by atoms with Crippen LogP contribution < -0.4 is 11.3 Å². The summed E-state index contributed by atoms with van der Waals surface area (Å²) < 4.78 is 0. The molecule has 2 atom stereocenters. The molecule has 9 heteroatoms. The lowest BCUT2D eigenvalue weighted by Gasteiger charge is -2.38. The monoisotopic (exact) mass is 427 g/mol. The smallest absolute Gasteiger partial charge is 0.255 e. The first kappa shape index (κ1) is 24.1. The summed E-state index contributed by atoms with van der Waals surface area (Å²) in [5.74, 6) is 0.427. The summed E-state index contributed by atoms with van der Waals surface area (Å²) >= 11 is 0. The van der Waals surface area contributed by atoms with Gasteiger partial charge in [0.2, 0.25) is 5.91 Å². The van der Waals surface area contributed by atoms with E-state index in [1.807, 2.05) is 11.8 Å². The fraction of sp³-hybridized carbons (Fsp3) is 0.474. The van der Waals surface area contributed by atoms with E-state index < -0.39 is 0 Å². The number of pyridine rings is 1. The van der Waals surface area contributed by atoms with Crippen LogP contribution in [0.3, 0.4) is 0 Å². The molecule has 1 amide bonds. The first-order valence-corrected chi connectivity index (χ1v) is 9.02. The van der Waals surface area contributed by atoms with Crippen molar-refractivity contribution < 1.29 is 4.79 Å². The van der Waals surface area contributed by atoms with Crippen molar-refractivity contribution in [1.29, 1.82) is 0 Å². The highest BCUT2D eigenvalue weighted by Gasteiger charge is 2.29. The second-order valence-electron chi connectivity index (χ2n) is 6.90. The summed E-state index contributed by atoms with van der Waals surface area (Å²) in [6, 6.07) is 3.53. The quantitative estimate of drug-likeness (QED) is 0.777. The lowest BCUT2D eigenvalue weighted by atomic mass is 9.96. The number of carbonyl (C=O) groups excluding carboxylic acids is 1. The lowest BCUT2D eigenvalue weighted by Crippen LogP contribution is -2.52. The van der Waals surface area contributed by atoms with E-state index in [4.69, 9.17) is 5.73 Å². The molecule has 1 saturated heterocycles. The molecule has 0 radical (unpaired) electrons. The van der Waals surface area contributed by atoms with Crippen LogP contribution in [0.2, 0.25) is 0 Å². The molecule has 2 unspecified atom stereocenters. The number of likely N-dealkylation sites (tertiary alicyclic amines) is 1. The van der Waals surface area contributed by atoms with E-state index in [2.05, 4.69) is 15.0 Å². The number of aryl methyl sites for hydroxylation is 1. The highest BCUT2D eigenvalue weighted by molar-refractivity contribution is 5.85.